The minimum Gasteiger partial charge on any atom is -0.457 e. The minimum absolute atomic E-state index is 0.0827. The Labute approximate surface area is 166 Å². The molecule has 0 aliphatic heterocycles. The van der Waals surface area contributed by atoms with Crippen LogP contribution in [0.25, 0.3) is 0 Å². The molecule has 0 radical (unpaired) electrons. The Morgan fingerprint density at radius 1 is 0.852 bits per heavy atom. The van der Waals surface area contributed by atoms with E-state index in [1.807, 2.05) is 54.6 Å². The van der Waals surface area contributed by atoms with Crippen molar-refractivity contribution in [3.8, 4) is 11.5 Å². The molecule has 3 aromatic carbocycles. The third kappa shape index (κ3) is 5.59. The number of ether oxygens (including phenoxy) is 2. The summed E-state index contributed by atoms with van der Waals surface area (Å²) in [5, 5.41) is 0.751. The Bertz CT molecular complexity index is 868. The lowest BCUT2D eigenvalue weighted by Crippen LogP contribution is -2.24. The van der Waals surface area contributed by atoms with Gasteiger partial charge in [0.25, 0.3) is 0 Å². The van der Waals surface area contributed by atoms with Crippen LogP contribution in [0.4, 0.5) is 0 Å². The molecule has 0 fully saturated rings. The van der Waals surface area contributed by atoms with E-state index in [0.29, 0.717) is 13.2 Å². The quantitative estimate of drug-likeness (QED) is 0.442. The van der Waals surface area contributed by atoms with Gasteiger partial charge in [-0.1, -0.05) is 67.4 Å². The van der Waals surface area contributed by atoms with Gasteiger partial charge in [0, 0.05) is 10.4 Å². The number of hydrogen-bond donors (Lipinski definition) is 0. The van der Waals surface area contributed by atoms with Crippen LogP contribution in [0.2, 0.25) is 5.02 Å². The number of aryl methyl sites for hydroxylation is 1. The minimum atomic E-state index is -0.0827. The highest BCUT2D eigenvalue weighted by atomic mass is 35.5. The second kappa shape index (κ2) is 8.60. The van der Waals surface area contributed by atoms with Gasteiger partial charge in [0.05, 0.1) is 13.2 Å². The summed E-state index contributed by atoms with van der Waals surface area (Å²) in [7, 11) is 0. The van der Waals surface area contributed by atoms with Gasteiger partial charge in [-0.3, -0.25) is 0 Å². The molecule has 3 aromatic rings. The van der Waals surface area contributed by atoms with Crippen LogP contribution in [0.1, 0.15) is 30.5 Å². The average Bonchev–Trinajstić information content (AvgIpc) is 2.64. The van der Waals surface area contributed by atoms with Crippen LogP contribution in [0, 0.1) is 6.92 Å². The van der Waals surface area contributed by atoms with Gasteiger partial charge in [0.15, 0.2) is 0 Å². The lowest BCUT2D eigenvalue weighted by molar-refractivity contribution is 0.0824. The van der Waals surface area contributed by atoms with Crippen LogP contribution < -0.4 is 4.74 Å². The molecule has 0 saturated heterocycles. The van der Waals surface area contributed by atoms with E-state index < -0.39 is 0 Å². The Balaban J connectivity index is 1.58. The van der Waals surface area contributed by atoms with E-state index >= 15 is 0 Å². The maximum Gasteiger partial charge on any atom is 0.127 e. The zero-order valence-electron chi connectivity index (χ0n) is 16.0. The van der Waals surface area contributed by atoms with Gasteiger partial charge in [-0.15, -0.1) is 0 Å². The lowest BCUT2D eigenvalue weighted by atomic mass is 9.86. The van der Waals surface area contributed by atoms with E-state index in [1.165, 1.54) is 11.1 Å². The van der Waals surface area contributed by atoms with Crippen molar-refractivity contribution in [3.05, 3.63) is 94.5 Å². The Morgan fingerprint density at radius 3 is 2.26 bits per heavy atom. The highest BCUT2D eigenvalue weighted by molar-refractivity contribution is 6.30. The van der Waals surface area contributed by atoms with E-state index in [-0.39, 0.29) is 5.41 Å². The summed E-state index contributed by atoms with van der Waals surface area (Å²) in [6.07, 6.45) is 0. The summed E-state index contributed by atoms with van der Waals surface area (Å²) in [5.41, 5.74) is 3.43. The number of benzene rings is 3. The fourth-order valence-electron chi connectivity index (χ4n) is 2.85. The van der Waals surface area contributed by atoms with Gasteiger partial charge in [-0.2, -0.15) is 0 Å². The zero-order chi connectivity index (χ0) is 19.3. The van der Waals surface area contributed by atoms with Crippen LogP contribution in [0.3, 0.4) is 0 Å². The van der Waals surface area contributed by atoms with Crippen LogP contribution >= 0.6 is 11.6 Å². The molecule has 0 aliphatic carbocycles. The molecule has 2 nitrogen and oxygen atoms in total. The SMILES string of the molecule is Cc1ccc(Oc2cccc(COCC(C)(C)c3ccc(Cl)cc3)c2)cc1. The van der Waals surface area contributed by atoms with Crippen molar-refractivity contribution in [1.29, 1.82) is 0 Å². The Hall–Kier alpha value is -2.29. The fourth-order valence-corrected chi connectivity index (χ4v) is 2.98. The second-order valence-electron chi connectivity index (χ2n) is 7.45. The van der Waals surface area contributed by atoms with Gasteiger partial charge < -0.3 is 9.47 Å². The molecule has 0 amide bonds. The zero-order valence-corrected chi connectivity index (χ0v) is 16.8. The third-order valence-electron chi connectivity index (χ3n) is 4.51. The highest BCUT2D eigenvalue weighted by Gasteiger charge is 2.20. The molecule has 0 aliphatic rings. The second-order valence-corrected chi connectivity index (χ2v) is 7.88. The normalized spacial score (nSPS) is 11.4. The van der Waals surface area contributed by atoms with Crippen LogP contribution in [0.5, 0.6) is 11.5 Å². The first-order valence-corrected chi connectivity index (χ1v) is 9.47. The van der Waals surface area contributed by atoms with Crippen LogP contribution in [-0.2, 0) is 16.8 Å². The van der Waals surface area contributed by atoms with E-state index in [2.05, 4.69) is 39.0 Å². The third-order valence-corrected chi connectivity index (χ3v) is 4.76. The maximum absolute atomic E-state index is 6.00. The molecular weight excluding hydrogens is 356 g/mol. The van der Waals surface area contributed by atoms with E-state index in [9.17, 15) is 0 Å². The molecule has 0 aromatic heterocycles. The largest absolute Gasteiger partial charge is 0.457 e. The Morgan fingerprint density at radius 2 is 1.56 bits per heavy atom. The smallest absolute Gasteiger partial charge is 0.127 e. The highest BCUT2D eigenvalue weighted by Crippen LogP contribution is 2.26. The molecule has 0 atom stereocenters. The topological polar surface area (TPSA) is 18.5 Å². The van der Waals surface area contributed by atoms with E-state index in [0.717, 1.165) is 22.1 Å². The van der Waals surface area contributed by atoms with Crippen molar-refractivity contribution in [1.82, 2.24) is 0 Å². The summed E-state index contributed by atoms with van der Waals surface area (Å²) in [4.78, 5) is 0. The van der Waals surface area contributed by atoms with Crippen molar-refractivity contribution in [2.75, 3.05) is 6.61 Å². The predicted octanol–water partition coefficient (Wildman–Crippen LogP) is 6.94. The lowest BCUT2D eigenvalue weighted by Gasteiger charge is -2.25. The van der Waals surface area contributed by atoms with Crippen molar-refractivity contribution < 1.29 is 9.47 Å². The first kappa shape index (κ1) is 19.5. The molecule has 0 N–H and O–H groups in total. The van der Waals surface area contributed by atoms with Gasteiger partial charge in [0.2, 0.25) is 0 Å². The number of halogens is 1. The predicted molar refractivity (Wildman–Crippen MR) is 112 cm³/mol. The van der Waals surface area contributed by atoms with Crippen LogP contribution in [0.15, 0.2) is 72.8 Å². The monoisotopic (exact) mass is 380 g/mol. The van der Waals surface area contributed by atoms with Crippen molar-refractivity contribution >= 4 is 11.6 Å². The Kier molecular flexibility index (Phi) is 6.20. The molecule has 140 valence electrons. The van der Waals surface area contributed by atoms with E-state index in [4.69, 9.17) is 21.1 Å². The van der Waals surface area contributed by atoms with Crippen molar-refractivity contribution in [2.24, 2.45) is 0 Å². The average molecular weight is 381 g/mol. The molecule has 0 saturated carbocycles. The molecular formula is C24H25ClO2. The van der Waals surface area contributed by atoms with Crippen molar-refractivity contribution in [2.45, 2.75) is 32.8 Å². The molecule has 3 rings (SSSR count). The van der Waals surface area contributed by atoms with Gasteiger partial charge in [0.1, 0.15) is 11.5 Å². The van der Waals surface area contributed by atoms with Gasteiger partial charge >= 0.3 is 0 Å². The first-order chi connectivity index (χ1) is 12.9. The number of rotatable bonds is 7. The summed E-state index contributed by atoms with van der Waals surface area (Å²) in [5.74, 6) is 1.65. The summed E-state index contributed by atoms with van der Waals surface area (Å²) >= 11 is 5.98. The fraction of sp³-hybridized carbons (Fsp3) is 0.250. The molecule has 0 bridgehead atoms. The first-order valence-electron chi connectivity index (χ1n) is 9.10. The summed E-state index contributed by atoms with van der Waals surface area (Å²) < 4.78 is 11.9. The summed E-state index contributed by atoms with van der Waals surface area (Å²) in [6, 6.07) is 24.0. The number of hydrogen-bond acceptors (Lipinski definition) is 2. The molecule has 27 heavy (non-hydrogen) atoms. The molecule has 0 spiro atoms. The maximum atomic E-state index is 6.00. The van der Waals surface area contributed by atoms with Crippen LogP contribution in [-0.4, -0.2) is 6.61 Å². The summed E-state index contributed by atoms with van der Waals surface area (Å²) in [6.45, 7) is 7.58. The van der Waals surface area contributed by atoms with E-state index in [1.54, 1.807) is 0 Å². The molecule has 0 heterocycles. The van der Waals surface area contributed by atoms with Gasteiger partial charge in [-0.25, -0.2) is 0 Å². The van der Waals surface area contributed by atoms with Gasteiger partial charge in [-0.05, 0) is 54.4 Å². The molecule has 0 unspecified atom stereocenters. The standard InChI is InChI=1S/C24H25ClO2/c1-18-7-13-22(14-8-18)27-23-6-4-5-19(15-23)16-26-17-24(2,3)20-9-11-21(25)12-10-20/h4-15H,16-17H2,1-3H3. The van der Waals surface area contributed by atoms with Crippen molar-refractivity contribution in [3.63, 3.8) is 0 Å². The molecule has 3 heteroatoms.